The number of para-hydroxylation sites is 4. The van der Waals surface area contributed by atoms with E-state index in [1.165, 1.54) is 33.0 Å². The van der Waals surface area contributed by atoms with E-state index < -0.39 is 5.41 Å². The Morgan fingerprint density at radius 2 is 0.729 bits per heavy atom. The Morgan fingerprint density at radius 1 is 0.329 bits per heavy atom. The zero-order valence-corrected chi connectivity index (χ0v) is 38.2. The first-order valence-electron chi connectivity index (χ1n) is 23.8. The summed E-state index contributed by atoms with van der Waals surface area (Å²) in [6.07, 6.45) is 7.40. The Hall–Kier alpha value is -9.32. The fourth-order valence-corrected chi connectivity index (χ4v) is 11.0. The van der Waals surface area contributed by atoms with Crippen LogP contribution < -0.4 is 9.80 Å². The van der Waals surface area contributed by atoms with Crippen LogP contribution in [0.15, 0.2) is 274 Å². The smallest absolute Gasteiger partial charge is 0.0742 e. The molecule has 0 radical (unpaired) electrons. The standard InChI is InChI=1S/C65H45N5/c1-3-15-50(16-4-1)65(51-17-5-2-6-18-51)59-21-9-13-25-63(59)70(64-26-14-10-22-60(64)65)56-44-54(43-55(45-56)69-61-23-11-7-19-57(61)58-20-8-12-24-62(58)69)68(52-31-27-46(28-32-52)48-35-39-66-40-36-48)53-33-29-47(30-34-53)49-37-41-67-42-38-49/h1-45H. The molecule has 0 atom stereocenters. The minimum atomic E-state index is -0.599. The first kappa shape index (κ1) is 40.9. The van der Waals surface area contributed by atoms with Crippen molar-refractivity contribution in [3.63, 3.8) is 0 Å². The van der Waals surface area contributed by atoms with Crippen molar-refractivity contribution in [3.05, 3.63) is 296 Å². The topological polar surface area (TPSA) is 37.2 Å². The highest BCUT2D eigenvalue weighted by atomic mass is 15.2. The van der Waals surface area contributed by atoms with Crippen molar-refractivity contribution in [1.82, 2.24) is 14.5 Å². The van der Waals surface area contributed by atoms with Crippen LogP contribution in [0.1, 0.15) is 22.3 Å². The van der Waals surface area contributed by atoms with E-state index in [2.05, 4.69) is 273 Å². The van der Waals surface area contributed by atoms with Crippen LogP contribution in [0.4, 0.5) is 34.1 Å². The van der Waals surface area contributed by atoms with Crippen molar-refractivity contribution >= 4 is 55.9 Å². The van der Waals surface area contributed by atoms with Crippen molar-refractivity contribution < 1.29 is 0 Å². The third-order valence-corrected chi connectivity index (χ3v) is 14.0. The lowest BCUT2D eigenvalue weighted by atomic mass is 9.62. The number of hydrogen-bond acceptors (Lipinski definition) is 4. The largest absolute Gasteiger partial charge is 0.310 e. The summed E-state index contributed by atoms with van der Waals surface area (Å²) in [5.74, 6) is 0. The molecule has 5 nitrogen and oxygen atoms in total. The van der Waals surface area contributed by atoms with Crippen LogP contribution in [-0.4, -0.2) is 14.5 Å². The van der Waals surface area contributed by atoms with Gasteiger partial charge >= 0.3 is 0 Å². The van der Waals surface area contributed by atoms with Crippen LogP contribution in [0.5, 0.6) is 0 Å². The lowest BCUT2D eigenvalue weighted by Crippen LogP contribution is -2.37. The summed E-state index contributed by atoms with van der Waals surface area (Å²) >= 11 is 0. The van der Waals surface area contributed by atoms with Gasteiger partial charge in [0.15, 0.2) is 0 Å². The molecule has 4 heterocycles. The summed E-state index contributed by atoms with van der Waals surface area (Å²) in [6, 6.07) is 90.7. The molecule has 0 amide bonds. The number of nitrogens with zero attached hydrogens (tertiary/aromatic N) is 5. The molecule has 1 aliphatic heterocycles. The molecule has 12 aromatic rings. The molecule has 0 unspecified atom stereocenters. The molecular weight excluding hydrogens is 851 g/mol. The average Bonchev–Trinajstić information content (AvgIpc) is 3.78. The van der Waals surface area contributed by atoms with Crippen LogP contribution in [0, 0.1) is 0 Å². The van der Waals surface area contributed by atoms with Gasteiger partial charge in [0.25, 0.3) is 0 Å². The summed E-state index contributed by atoms with van der Waals surface area (Å²) in [5, 5.41) is 2.42. The number of benzene rings is 9. The molecule has 13 rings (SSSR count). The van der Waals surface area contributed by atoms with Crippen molar-refractivity contribution in [2.45, 2.75) is 5.41 Å². The van der Waals surface area contributed by atoms with E-state index in [0.29, 0.717) is 0 Å². The highest BCUT2D eigenvalue weighted by molar-refractivity contribution is 6.09. The second-order valence-corrected chi connectivity index (χ2v) is 17.8. The molecule has 5 heteroatoms. The van der Waals surface area contributed by atoms with Gasteiger partial charge in [-0.2, -0.15) is 0 Å². The Labute approximate surface area is 407 Å². The van der Waals surface area contributed by atoms with Crippen LogP contribution in [0.25, 0.3) is 49.7 Å². The molecule has 0 aliphatic carbocycles. The average molecular weight is 896 g/mol. The Kier molecular flexibility index (Phi) is 9.98. The predicted octanol–water partition coefficient (Wildman–Crippen LogP) is 16.5. The zero-order valence-electron chi connectivity index (χ0n) is 38.2. The summed E-state index contributed by atoms with van der Waals surface area (Å²) in [5.41, 5.74) is 18.5. The van der Waals surface area contributed by atoms with E-state index in [0.717, 1.165) is 73.1 Å². The maximum atomic E-state index is 4.29. The molecule has 0 bridgehead atoms. The van der Waals surface area contributed by atoms with Crippen LogP contribution in [0.3, 0.4) is 0 Å². The van der Waals surface area contributed by atoms with E-state index in [1.54, 1.807) is 0 Å². The molecule has 70 heavy (non-hydrogen) atoms. The maximum Gasteiger partial charge on any atom is 0.0742 e. The molecule has 0 N–H and O–H groups in total. The van der Waals surface area contributed by atoms with Gasteiger partial charge in [0.2, 0.25) is 0 Å². The third kappa shape index (κ3) is 6.70. The lowest BCUT2D eigenvalue weighted by molar-refractivity contribution is 0.731. The third-order valence-electron chi connectivity index (χ3n) is 14.0. The molecule has 0 fully saturated rings. The van der Waals surface area contributed by atoms with Gasteiger partial charge in [-0.15, -0.1) is 0 Å². The molecule has 330 valence electrons. The van der Waals surface area contributed by atoms with Gasteiger partial charge in [-0.3, -0.25) is 9.97 Å². The number of anilines is 6. The van der Waals surface area contributed by atoms with Gasteiger partial charge in [-0.25, -0.2) is 0 Å². The summed E-state index contributed by atoms with van der Waals surface area (Å²) in [6.45, 7) is 0. The highest BCUT2D eigenvalue weighted by Crippen LogP contribution is 2.58. The highest BCUT2D eigenvalue weighted by Gasteiger charge is 2.46. The van der Waals surface area contributed by atoms with Gasteiger partial charge in [-0.1, -0.05) is 158 Å². The quantitative estimate of drug-likeness (QED) is 0.145. The number of rotatable bonds is 9. The molecule has 0 saturated carbocycles. The second-order valence-electron chi connectivity index (χ2n) is 17.8. The molecule has 1 aliphatic rings. The van der Waals surface area contributed by atoms with Crippen molar-refractivity contribution in [2.75, 3.05) is 9.80 Å². The normalized spacial score (nSPS) is 12.7. The first-order valence-corrected chi connectivity index (χ1v) is 23.8. The molecule has 3 aromatic heterocycles. The lowest BCUT2D eigenvalue weighted by Gasteiger charge is -2.46. The van der Waals surface area contributed by atoms with E-state index in [-0.39, 0.29) is 0 Å². The van der Waals surface area contributed by atoms with E-state index in [1.807, 2.05) is 24.8 Å². The van der Waals surface area contributed by atoms with Crippen LogP contribution in [0.2, 0.25) is 0 Å². The van der Waals surface area contributed by atoms with Gasteiger partial charge in [-0.05, 0) is 136 Å². The first-order chi connectivity index (χ1) is 34.7. The zero-order chi connectivity index (χ0) is 46.4. The predicted molar refractivity (Wildman–Crippen MR) is 288 cm³/mol. The molecule has 9 aromatic carbocycles. The second kappa shape index (κ2) is 17.1. The van der Waals surface area contributed by atoms with E-state index >= 15 is 0 Å². The summed E-state index contributed by atoms with van der Waals surface area (Å²) in [4.78, 5) is 13.5. The van der Waals surface area contributed by atoms with Crippen molar-refractivity contribution in [2.24, 2.45) is 0 Å². The van der Waals surface area contributed by atoms with Gasteiger partial charge in [0.05, 0.1) is 44.9 Å². The summed E-state index contributed by atoms with van der Waals surface area (Å²) < 4.78 is 2.44. The Morgan fingerprint density at radius 3 is 1.21 bits per heavy atom. The number of hydrogen-bond donors (Lipinski definition) is 0. The Balaban J connectivity index is 1.09. The molecule has 0 saturated heterocycles. The fourth-order valence-electron chi connectivity index (χ4n) is 11.0. The number of fused-ring (bicyclic) bond motifs is 5. The number of aromatic nitrogens is 3. The van der Waals surface area contributed by atoms with Crippen LogP contribution in [-0.2, 0) is 5.41 Å². The van der Waals surface area contributed by atoms with Crippen molar-refractivity contribution in [1.29, 1.82) is 0 Å². The van der Waals surface area contributed by atoms with Crippen LogP contribution >= 0.6 is 0 Å². The van der Waals surface area contributed by atoms with E-state index in [9.17, 15) is 0 Å². The summed E-state index contributed by atoms with van der Waals surface area (Å²) in [7, 11) is 0. The SMILES string of the molecule is c1ccc(C2(c3ccccc3)c3ccccc3N(c3cc(N(c4ccc(-c5ccncc5)cc4)c4ccc(-c5ccncc5)cc4)cc(-n4c5ccccc5c5ccccc54)c3)c3ccccc32)cc1. The van der Waals surface area contributed by atoms with Gasteiger partial charge in [0, 0.05) is 46.9 Å². The van der Waals surface area contributed by atoms with Crippen molar-refractivity contribution in [3.8, 4) is 27.9 Å². The Bertz CT molecular complexity index is 3590. The fraction of sp³-hybridized carbons (Fsp3) is 0.0154. The maximum absolute atomic E-state index is 4.29. The van der Waals surface area contributed by atoms with E-state index in [4.69, 9.17) is 0 Å². The molecule has 0 spiro atoms. The minimum absolute atomic E-state index is 0.599. The minimum Gasteiger partial charge on any atom is -0.310 e. The van der Waals surface area contributed by atoms with Gasteiger partial charge in [0.1, 0.15) is 0 Å². The monoisotopic (exact) mass is 895 g/mol. The molecular formula is C65H45N5. The van der Waals surface area contributed by atoms with Gasteiger partial charge < -0.3 is 14.4 Å². The number of pyridine rings is 2.